The van der Waals surface area contributed by atoms with Gasteiger partial charge in [0, 0.05) is 25.0 Å². The lowest BCUT2D eigenvalue weighted by atomic mass is 10.00. The number of aliphatic hydroxyl groups excluding tert-OH is 2. The van der Waals surface area contributed by atoms with Crippen molar-refractivity contribution in [3.05, 3.63) is 53.0 Å². The van der Waals surface area contributed by atoms with Crippen LogP contribution in [0.15, 0.2) is 41.9 Å². The summed E-state index contributed by atoms with van der Waals surface area (Å²) >= 11 is 0. The second kappa shape index (κ2) is 9.16. The van der Waals surface area contributed by atoms with E-state index >= 15 is 0 Å². The molecule has 0 aliphatic carbocycles. The van der Waals surface area contributed by atoms with Crippen LogP contribution in [0.5, 0.6) is 0 Å². The topological polar surface area (TPSA) is 78.8 Å². The monoisotopic (exact) mass is 347 g/mol. The molecule has 1 aromatic rings. The third kappa shape index (κ3) is 7.33. The normalized spacial score (nSPS) is 13.2. The largest absolute Gasteiger partial charge is 0.512 e. The predicted octanol–water partition coefficient (Wildman–Crippen LogP) is 5.24. The maximum absolute atomic E-state index is 11.8. The van der Waals surface area contributed by atoms with Gasteiger partial charge in [-0.05, 0) is 44.0 Å². The lowest BCUT2D eigenvalue weighted by Crippen LogP contribution is -2.32. The molecule has 0 aliphatic rings. The molecule has 0 aromatic heterocycles. The molecular weight excluding hydrogens is 318 g/mol. The van der Waals surface area contributed by atoms with Gasteiger partial charge < -0.3 is 20.3 Å². The van der Waals surface area contributed by atoms with E-state index in [1.165, 1.54) is 0 Å². The van der Waals surface area contributed by atoms with Gasteiger partial charge in [-0.25, -0.2) is 4.79 Å². The molecule has 0 bridgehead atoms. The Bertz CT molecular complexity index is 654. The molecule has 5 nitrogen and oxygen atoms in total. The van der Waals surface area contributed by atoms with Crippen molar-refractivity contribution in [1.29, 1.82) is 0 Å². The summed E-state index contributed by atoms with van der Waals surface area (Å²) in [4.78, 5) is 11.8. The third-order valence-corrected chi connectivity index (χ3v) is 3.39. The Morgan fingerprint density at radius 2 is 1.88 bits per heavy atom. The molecule has 0 atom stereocenters. The fourth-order valence-electron chi connectivity index (χ4n) is 2.13. The summed E-state index contributed by atoms with van der Waals surface area (Å²) < 4.78 is 5.22. The summed E-state index contributed by atoms with van der Waals surface area (Å²) in [6.07, 6.45) is 2.05. The molecule has 0 radical (unpaired) electrons. The van der Waals surface area contributed by atoms with Crippen molar-refractivity contribution in [1.82, 2.24) is 5.32 Å². The van der Waals surface area contributed by atoms with Crippen molar-refractivity contribution in [2.24, 2.45) is 0 Å². The standard InChI is InChI=1S/C20H29NO4/c1-6-16(22)12-17(18(23)7-2)15-10-8-9-14(11-15)13-21-19(24)25-20(3,4)5/h8-12,22-23H,6-7,13H2,1-5H3,(H,21,24)/b16-12+,18-17-. The number of allylic oxidation sites excluding steroid dienone is 4. The molecular formula is C20H29NO4. The zero-order chi connectivity index (χ0) is 19.0. The Labute approximate surface area is 150 Å². The van der Waals surface area contributed by atoms with Crippen molar-refractivity contribution in [3.8, 4) is 0 Å². The van der Waals surface area contributed by atoms with Crippen LogP contribution in [0.3, 0.4) is 0 Å². The fourth-order valence-corrected chi connectivity index (χ4v) is 2.13. The van der Waals surface area contributed by atoms with E-state index in [0.29, 0.717) is 25.0 Å². The summed E-state index contributed by atoms with van der Waals surface area (Å²) in [6.45, 7) is 9.43. The van der Waals surface area contributed by atoms with Gasteiger partial charge in [-0.3, -0.25) is 0 Å². The highest BCUT2D eigenvalue weighted by Gasteiger charge is 2.15. The Balaban J connectivity index is 2.97. The summed E-state index contributed by atoms with van der Waals surface area (Å²) in [5, 5.41) is 22.7. The first-order valence-electron chi connectivity index (χ1n) is 8.54. The highest BCUT2D eigenvalue weighted by atomic mass is 16.6. The number of hydrogen-bond donors (Lipinski definition) is 3. The van der Waals surface area contributed by atoms with E-state index in [-0.39, 0.29) is 11.5 Å². The minimum absolute atomic E-state index is 0.201. The first-order valence-corrected chi connectivity index (χ1v) is 8.54. The van der Waals surface area contributed by atoms with Gasteiger partial charge in [0.2, 0.25) is 0 Å². The molecule has 0 unspecified atom stereocenters. The number of hydrogen-bond acceptors (Lipinski definition) is 4. The Hall–Kier alpha value is -2.43. The van der Waals surface area contributed by atoms with E-state index in [0.717, 1.165) is 11.1 Å². The van der Waals surface area contributed by atoms with Crippen LogP contribution in [0.4, 0.5) is 4.79 Å². The van der Waals surface area contributed by atoms with Crippen LogP contribution < -0.4 is 5.32 Å². The van der Waals surface area contributed by atoms with E-state index in [9.17, 15) is 15.0 Å². The predicted molar refractivity (Wildman–Crippen MR) is 100 cm³/mol. The van der Waals surface area contributed by atoms with Crippen molar-refractivity contribution < 1.29 is 19.7 Å². The molecule has 0 spiro atoms. The van der Waals surface area contributed by atoms with Crippen molar-refractivity contribution in [3.63, 3.8) is 0 Å². The number of ether oxygens (including phenoxy) is 1. The minimum atomic E-state index is -0.544. The van der Waals surface area contributed by atoms with E-state index in [2.05, 4.69) is 5.32 Å². The van der Waals surface area contributed by atoms with Gasteiger partial charge in [0.05, 0.1) is 11.5 Å². The maximum atomic E-state index is 11.8. The van der Waals surface area contributed by atoms with E-state index in [4.69, 9.17) is 4.74 Å². The number of carbonyl (C=O) groups excluding carboxylic acids is 1. The van der Waals surface area contributed by atoms with Crippen LogP contribution in [0, 0.1) is 0 Å². The number of nitrogens with one attached hydrogen (secondary N) is 1. The van der Waals surface area contributed by atoms with E-state index in [1.54, 1.807) is 6.08 Å². The van der Waals surface area contributed by atoms with Crippen LogP contribution in [0.1, 0.15) is 58.6 Å². The van der Waals surface area contributed by atoms with E-state index in [1.807, 2.05) is 58.9 Å². The Morgan fingerprint density at radius 3 is 2.44 bits per heavy atom. The summed E-state index contributed by atoms with van der Waals surface area (Å²) in [7, 11) is 0. The van der Waals surface area contributed by atoms with Gasteiger partial charge >= 0.3 is 6.09 Å². The molecule has 1 amide bonds. The molecule has 0 heterocycles. The molecule has 1 aromatic carbocycles. The summed E-state index contributed by atoms with van der Waals surface area (Å²) in [5.74, 6) is 0.407. The molecule has 0 saturated heterocycles. The second-order valence-corrected chi connectivity index (χ2v) is 6.76. The first kappa shape index (κ1) is 20.6. The average Bonchev–Trinajstić information content (AvgIpc) is 2.55. The average molecular weight is 347 g/mol. The lowest BCUT2D eigenvalue weighted by molar-refractivity contribution is 0.0523. The van der Waals surface area contributed by atoms with Crippen LogP contribution in [-0.4, -0.2) is 21.9 Å². The number of amides is 1. The van der Waals surface area contributed by atoms with Gasteiger partial charge in [0.25, 0.3) is 0 Å². The zero-order valence-electron chi connectivity index (χ0n) is 15.7. The first-order chi connectivity index (χ1) is 11.7. The van der Waals surface area contributed by atoms with Crippen LogP contribution >= 0.6 is 0 Å². The minimum Gasteiger partial charge on any atom is -0.512 e. The van der Waals surface area contributed by atoms with Gasteiger partial charge in [0.1, 0.15) is 5.60 Å². The molecule has 1 rings (SSSR count). The van der Waals surface area contributed by atoms with Gasteiger partial charge in [-0.15, -0.1) is 0 Å². The fraction of sp³-hybridized carbons (Fsp3) is 0.450. The maximum Gasteiger partial charge on any atom is 0.407 e. The molecule has 138 valence electrons. The van der Waals surface area contributed by atoms with Crippen molar-refractivity contribution >= 4 is 11.7 Å². The van der Waals surface area contributed by atoms with Crippen molar-refractivity contribution in [2.45, 2.75) is 59.6 Å². The molecule has 0 saturated carbocycles. The Kier molecular flexibility index (Phi) is 7.55. The molecule has 5 heteroatoms. The number of rotatable bonds is 6. The molecule has 25 heavy (non-hydrogen) atoms. The van der Waals surface area contributed by atoms with Crippen molar-refractivity contribution in [2.75, 3.05) is 0 Å². The molecule has 0 fully saturated rings. The Morgan fingerprint density at radius 1 is 1.20 bits per heavy atom. The van der Waals surface area contributed by atoms with Gasteiger partial charge in [0.15, 0.2) is 0 Å². The number of carbonyl (C=O) groups is 1. The number of aliphatic hydroxyl groups is 2. The SMILES string of the molecule is CC/C(O)=C(\C=C(\O)CC)c1cccc(CNC(=O)OC(C)(C)C)c1. The van der Waals surface area contributed by atoms with Gasteiger partial charge in [-0.2, -0.15) is 0 Å². The van der Waals surface area contributed by atoms with Crippen LogP contribution in [0.2, 0.25) is 0 Å². The van der Waals surface area contributed by atoms with Gasteiger partial charge in [-0.1, -0.05) is 32.0 Å². The lowest BCUT2D eigenvalue weighted by Gasteiger charge is -2.19. The molecule has 0 aliphatic heterocycles. The highest BCUT2D eigenvalue weighted by molar-refractivity contribution is 5.76. The van der Waals surface area contributed by atoms with Crippen LogP contribution in [0.25, 0.3) is 5.57 Å². The second-order valence-electron chi connectivity index (χ2n) is 6.76. The number of benzene rings is 1. The summed E-state index contributed by atoms with van der Waals surface area (Å²) in [5.41, 5.74) is 1.69. The number of alkyl carbamates (subject to hydrolysis) is 1. The van der Waals surface area contributed by atoms with Crippen LogP contribution in [-0.2, 0) is 11.3 Å². The molecule has 3 N–H and O–H groups in total. The highest BCUT2D eigenvalue weighted by Crippen LogP contribution is 2.23. The smallest absolute Gasteiger partial charge is 0.407 e. The zero-order valence-corrected chi connectivity index (χ0v) is 15.7. The summed E-state index contributed by atoms with van der Waals surface area (Å²) in [6, 6.07) is 7.46. The third-order valence-electron chi connectivity index (χ3n) is 3.39. The quantitative estimate of drug-likeness (QED) is 0.485. The van der Waals surface area contributed by atoms with E-state index < -0.39 is 11.7 Å².